The first-order valence-electron chi connectivity index (χ1n) is 10.2. The zero-order valence-corrected chi connectivity index (χ0v) is 19.2. The summed E-state index contributed by atoms with van der Waals surface area (Å²) in [5.41, 5.74) is 1.58. The highest BCUT2D eigenvalue weighted by molar-refractivity contribution is 7.89. The lowest BCUT2D eigenvalue weighted by atomic mass is 10.1. The zero-order valence-electron chi connectivity index (χ0n) is 17.6. The monoisotopic (exact) mass is 463 g/mol. The minimum atomic E-state index is -3.67. The van der Waals surface area contributed by atoms with E-state index in [4.69, 9.17) is 11.6 Å². The van der Waals surface area contributed by atoms with Crippen LogP contribution in [0, 0.1) is 0 Å². The van der Waals surface area contributed by atoms with Crippen molar-refractivity contribution in [3.8, 4) is 0 Å². The number of sulfonamides is 1. The molecule has 7 nitrogen and oxygen atoms in total. The first-order valence-corrected chi connectivity index (χ1v) is 12.1. The van der Waals surface area contributed by atoms with E-state index < -0.39 is 15.9 Å². The summed E-state index contributed by atoms with van der Waals surface area (Å²) in [6.45, 7) is 5.51. The largest absolute Gasteiger partial charge is 0.338 e. The third-order valence-electron chi connectivity index (χ3n) is 5.29. The van der Waals surface area contributed by atoms with Crippen molar-refractivity contribution in [2.24, 2.45) is 0 Å². The molecule has 1 aliphatic rings. The summed E-state index contributed by atoms with van der Waals surface area (Å²) in [5, 5.41) is 2.94. The van der Waals surface area contributed by atoms with Gasteiger partial charge < -0.3 is 10.2 Å². The van der Waals surface area contributed by atoms with E-state index in [1.807, 2.05) is 12.1 Å². The fraction of sp³-hybridized carbons (Fsp3) is 0.364. The molecular formula is C22H26ClN3O4S. The highest BCUT2D eigenvalue weighted by atomic mass is 35.5. The van der Waals surface area contributed by atoms with Gasteiger partial charge in [0.25, 0.3) is 5.91 Å². The Bertz CT molecular complexity index is 1070. The molecule has 1 saturated heterocycles. The highest BCUT2D eigenvalue weighted by Crippen LogP contribution is 2.27. The molecule has 2 aromatic carbocycles. The number of benzene rings is 2. The summed E-state index contributed by atoms with van der Waals surface area (Å²) in [4.78, 5) is 26.3. The fourth-order valence-electron chi connectivity index (χ4n) is 3.52. The molecule has 0 aromatic heterocycles. The van der Waals surface area contributed by atoms with Crippen LogP contribution in [0.2, 0.25) is 5.02 Å². The van der Waals surface area contributed by atoms with Gasteiger partial charge in [0.2, 0.25) is 15.9 Å². The van der Waals surface area contributed by atoms with Crippen LogP contribution in [0.25, 0.3) is 0 Å². The van der Waals surface area contributed by atoms with Crippen molar-refractivity contribution in [3.05, 3.63) is 58.6 Å². The normalized spacial score (nSPS) is 14.3. The molecule has 2 amide bonds. The van der Waals surface area contributed by atoms with Crippen LogP contribution >= 0.6 is 11.6 Å². The van der Waals surface area contributed by atoms with E-state index >= 15 is 0 Å². The summed E-state index contributed by atoms with van der Waals surface area (Å²) in [5.74, 6) is -0.251. The molecule has 1 heterocycles. The Hall–Kier alpha value is -2.42. The predicted octanol–water partition coefficient (Wildman–Crippen LogP) is 3.75. The molecule has 0 spiro atoms. The molecule has 1 fully saturated rings. The molecule has 166 valence electrons. The van der Waals surface area contributed by atoms with Crippen molar-refractivity contribution in [1.29, 1.82) is 0 Å². The van der Waals surface area contributed by atoms with Gasteiger partial charge in [-0.25, -0.2) is 8.42 Å². The summed E-state index contributed by atoms with van der Waals surface area (Å²) in [7, 11) is -3.67. The van der Waals surface area contributed by atoms with Crippen molar-refractivity contribution >= 4 is 39.1 Å². The Morgan fingerprint density at radius 2 is 1.81 bits per heavy atom. The van der Waals surface area contributed by atoms with Crippen LogP contribution in [-0.2, 0) is 21.4 Å². The molecule has 0 radical (unpaired) electrons. The maximum Gasteiger partial charge on any atom is 0.255 e. The van der Waals surface area contributed by atoms with E-state index in [9.17, 15) is 18.0 Å². The van der Waals surface area contributed by atoms with Crippen LogP contribution in [0.3, 0.4) is 0 Å². The van der Waals surface area contributed by atoms with Crippen molar-refractivity contribution in [2.75, 3.05) is 25.0 Å². The van der Waals surface area contributed by atoms with Crippen molar-refractivity contribution in [1.82, 2.24) is 9.21 Å². The lowest BCUT2D eigenvalue weighted by Crippen LogP contribution is -2.30. The number of amides is 2. The van der Waals surface area contributed by atoms with Crippen LogP contribution in [-0.4, -0.2) is 49.1 Å². The smallest absolute Gasteiger partial charge is 0.255 e. The molecule has 31 heavy (non-hydrogen) atoms. The second-order valence-electron chi connectivity index (χ2n) is 7.30. The maximum absolute atomic E-state index is 12.8. The van der Waals surface area contributed by atoms with Crippen molar-refractivity contribution in [3.63, 3.8) is 0 Å². The van der Waals surface area contributed by atoms with Gasteiger partial charge in [-0.1, -0.05) is 37.6 Å². The summed E-state index contributed by atoms with van der Waals surface area (Å²) < 4.78 is 26.9. The van der Waals surface area contributed by atoms with Gasteiger partial charge in [0.05, 0.1) is 15.6 Å². The van der Waals surface area contributed by atoms with Gasteiger partial charge in [-0.2, -0.15) is 4.31 Å². The number of nitrogens with one attached hydrogen (secondary N) is 1. The van der Waals surface area contributed by atoms with Crippen molar-refractivity contribution in [2.45, 2.75) is 38.1 Å². The third-order valence-corrected chi connectivity index (χ3v) is 7.67. The van der Waals surface area contributed by atoms with Gasteiger partial charge in [-0.3, -0.25) is 9.59 Å². The number of carbonyl (C=O) groups is 2. The molecule has 0 bridgehead atoms. The Kier molecular flexibility index (Phi) is 7.35. The lowest BCUT2D eigenvalue weighted by molar-refractivity contribution is -0.128. The SMILES string of the molecule is CCN(CC)S(=O)(=O)c1ccc(Cl)c(NC(=O)c2ccc(CN3CCCC3=O)cc2)c1. The number of anilines is 1. The Morgan fingerprint density at radius 3 is 2.39 bits per heavy atom. The molecule has 0 unspecified atom stereocenters. The van der Waals surface area contributed by atoms with Crippen LogP contribution in [0.5, 0.6) is 0 Å². The lowest BCUT2D eigenvalue weighted by Gasteiger charge is -2.19. The molecule has 9 heteroatoms. The molecule has 1 aliphatic heterocycles. The van der Waals surface area contributed by atoms with E-state index in [1.165, 1.54) is 22.5 Å². The molecule has 0 saturated carbocycles. The zero-order chi connectivity index (χ0) is 22.6. The van der Waals surface area contributed by atoms with Gasteiger partial charge in [0, 0.05) is 38.2 Å². The Balaban J connectivity index is 1.75. The quantitative estimate of drug-likeness (QED) is 0.646. The van der Waals surface area contributed by atoms with E-state index in [1.54, 1.807) is 30.9 Å². The van der Waals surface area contributed by atoms with Crippen LogP contribution in [0.15, 0.2) is 47.4 Å². The van der Waals surface area contributed by atoms with E-state index in [0.29, 0.717) is 31.6 Å². The molecule has 0 atom stereocenters. The molecule has 3 rings (SSSR count). The number of halogens is 1. The standard InChI is InChI=1S/C22H26ClN3O4S/c1-3-26(4-2)31(29,30)18-11-12-19(23)20(14-18)24-22(28)17-9-7-16(8-10-17)15-25-13-5-6-21(25)27/h7-12,14H,3-6,13,15H2,1-2H3,(H,24,28). The van der Waals surface area contributed by atoms with Gasteiger partial charge >= 0.3 is 0 Å². The number of carbonyl (C=O) groups excluding carboxylic acids is 2. The van der Waals surface area contributed by atoms with E-state index in [0.717, 1.165) is 18.5 Å². The van der Waals surface area contributed by atoms with Crippen LogP contribution in [0.4, 0.5) is 5.69 Å². The first-order chi connectivity index (χ1) is 14.8. The number of hydrogen-bond donors (Lipinski definition) is 1. The van der Waals surface area contributed by atoms with Gasteiger partial charge in [-0.05, 0) is 42.3 Å². The second-order valence-corrected chi connectivity index (χ2v) is 9.65. The minimum absolute atomic E-state index is 0.0709. The van der Waals surface area contributed by atoms with Crippen LogP contribution in [0.1, 0.15) is 42.6 Å². The molecule has 0 aliphatic carbocycles. The second kappa shape index (κ2) is 9.80. The fourth-order valence-corrected chi connectivity index (χ4v) is 5.17. The molecular weight excluding hydrogens is 438 g/mol. The Morgan fingerprint density at radius 1 is 1.13 bits per heavy atom. The maximum atomic E-state index is 12.8. The topological polar surface area (TPSA) is 86.8 Å². The highest BCUT2D eigenvalue weighted by Gasteiger charge is 2.23. The Labute approximate surface area is 188 Å². The summed E-state index contributed by atoms with van der Waals surface area (Å²) >= 11 is 6.20. The van der Waals surface area contributed by atoms with Gasteiger partial charge in [-0.15, -0.1) is 0 Å². The summed E-state index contributed by atoms with van der Waals surface area (Å²) in [6, 6.07) is 11.2. The number of rotatable bonds is 8. The average Bonchev–Trinajstić information content (AvgIpc) is 3.15. The third kappa shape index (κ3) is 5.26. The first kappa shape index (κ1) is 23.2. The van der Waals surface area contributed by atoms with Crippen LogP contribution < -0.4 is 5.32 Å². The number of nitrogens with zero attached hydrogens (tertiary/aromatic N) is 2. The van der Waals surface area contributed by atoms with Crippen molar-refractivity contribution < 1.29 is 18.0 Å². The summed E-state index contributed by atoms with van der Waals surface area (Å²) in [6.07, 6.45) is 1.47. The predicted molar refractivity (Wildman–Crippen MR) is 121 cm³/mol. The number of likely N-dealkylation sites (tertiary alicyclic amines) is 1. The van der Waals surface area contributed by atoms with E-state index in [-0.39, 0.29) is 21.5 Å². The number of hydrogen-bond acceptors (Lipinski definition) is 4. The van der Waals surface area contributed by atoms with Gasteiger partial charge in [0.15, 0.2) is 0 Å². The molecule has 1 N–H and O–H groups in total. The average molecular weight is 464 g/mol. The van der Waals surface area contributed by atoms with E-state index in [2.05, 4.69) is 5.32 Å². The minimum Gasteiger partial charge on any atom is -0.338 e. The molecule has 2 aromatic rings. The van der Waals surface area contributed by atoms with Gasteiger partial charge in [0.1, 0.15) is 0 Å².